The van der Waals surface area contributed by atoms with Crippen LogP contribution in [0.1, 0.15) is 24.8 Å². The molecule has 1 saturated heterocycles. The maximum absolute atomic E-state index is 13.9. The van der Waals surface area contributed by atoms with Gasteiger partial charge < -0.3 is 4.98 Å². The summed E-state index contributed by atoms with van der Waals surface area (Å²) >= 11 is 0. The van der Waals surface area contributed by atoms with Crippen molar-refractivity contribution in [3.05, 3.63) is 72.4 Å². The summed E-state index contributed by atoms with van der Waals surface area (Å²) in [5.41, 5.74) is 6.70. The van der Waals surface area contributed by atoms with Crippen LogP contribution in [0.4, 0.5) is 4.39 Å². The molecule has 2 aromatic heterocycles. The third-order valence-electron chi connectivity index (χ3n) is 5.78. The van der Waals surface area contributed by atoms with E-state index < -0.39 is 0 Å². The van der Waals surface area contributed by atoms with E-state index in [0.717, 1.165) is 35.3 Å². The molecule has 0 aliphatic carbocycles. The van der Waals surface area contributed by atoms with Gasteiger partial charge in [-0.05, 0) is 61.2 Å². The van der Waals surface area contributed by atoms with Crippen LogP contribution >= 0.6 is 0 Å². The second-order valence-corrected chi connectivity index (χ2v) is 7.39. The molecule has 4 heteroatoms. The molecule has 0 unspecified atom stereocenters. The molecule has 5 rings (SSSR count). The fraction of sp³-hybridized carbons (Fsp3) is 0.261. The number of nitrogens with zero attached hydrogens (tertiary/aromatic N) is 2. The zero-order valence-corrected chi connectivity index (χ0v) is 15.2. The number of halogens is 1. The number of H-pyrrole nitrogens is 1. The van der Waals surface area contributed by atoms with Crippen LogP contribution in [0.5, 0.6) is 0 Å². The molecule has 27 heavy (non-hydrogen) atoms. The Labute approximate surface area is 158 Å². The smallest absolute Gasteiger partial charge is 0.123 e. The first-order valence-corrected chi connectivity index (χ1v) is 9.62. The number of nitrogens with one attached hydrogen (secondary N) is 1. The van der Waals surface area contributed by atoms with Gasteiger partial charge in [0.15, 0.2) is 0 Å². The lowest BCUT2D eigenvalue weighted by atomic mass is 9.90. The van der Waals surface area contributed by atoms with Crippen LogP contribution in [-0.4, -0.2) is 34.0 Å². The highest BCUT2D eigenvalue weighted by molar-refractivity contribution is 5.91. The number of benzene rings is 1. The molecule has 0 amide bonds. The Morgan fingerprint density at radius 3 is 2.81 bits per heavy atom. The van der Waals surface area contributed by atoms with Crippen molar-refractivity contribution in [2.45, 2.75) is 25.3 Å². The van der Waals surface area contributed by atoms with Gasteiger partial charge in [0.1, 0.15) is 5.82 Å². The van der Waals surface area contributed by atoms with Crippen LogP contribution < -0.4 is 0 Å². The average Bonchev–Trinajstić information content (AvgIpc) is 3.35. The van der Waals surface area contributed by atoms with Crippen molar-refractivity contribution in [3.8, 4) is 22.4 Å². The van der Waals surface area contributed by atoms with E-state index in [1.807, 2.05) is 30.6 Å². The van der Waals surface area contributed by atoms with Gasteiger partial charge in [-0.2, -0.15) is 0 Å². The van der Waals surface area contributed by atoms with Crippen molar-refractivity contribution in [1.29, 1.82) is 0 Å². The summed E-state index contributed by atoms with van der Waals surface area (Å²) in [6.07, 6.45) is 11.7. The van der Waals surface area contributed by atoms with Crippen molar-refractivity contribution >= 4 is 5.57 Å². The highest BCUT2D eigenvalue weighted by atomic mass is 19.1. The number of hydrogen-bond donors (Lipinski definition) is 1. The first-order chi connectivity index (χ1) is 13.3. The SMILES string of the molecule is Fc1cccc(-c2[nH]cc(C3=C[C@@H]4CCCN4CC3)c2-c2ccncc2)c1. The third-order valence-corrected chi connectivity index (χ3v) is 5.78. The van der Waals surface area contributed by atoms with Gasteiger partial charge in [0.05, 0.1) is 5.69 Å². The molecule has 2 aliphatic heterocycles. The maximum atomic E-state index is 13.9. The number of rotatable bonds is 3. The lowest BCUT2D eigenvalue weighted by Crippen LogP contribution is -2.32. The molecule has 3 aromatic rings. The summed E-state index contributed by atoms with van der Waals surface area (Å²) in [5, 5.41) is 0. The van der Waals surface area contributed by atoms with Crippen LogP contribution in [0.3, 0.4) is 0 Å². The quantitative estimate of drug-likeness (QED) is 0.703. The normalized spacial score (nSPS) is 19.7. The van der Waals surface area contributed by atoms with Gasteiger partial charge in [-0.1, -0.05) is 18.2 Å². The topological polar surface area (TPSA) is 31.9 Å². The summed E-state index contributed by atoms with van der Waals surface area (Å²) in [6, 6.07) is 11.4. The zero-order chi connectivity index (χ0) is 18.2. The summed E-state index contributed by atoms with van der Waals surface area (Å²) in [6.45, 7) is 2.33. The maximum Gasteiger partial charge on any atom is 0.123 e. The molecule has 2 aliphatic rings. The summed E-state index contributed by atoms with van der Waals surface area (Å²) in [4.78, 5) is 10.2. The molecule has 0 spiro atoms. The second kappa shape index (κ2) is 6.78. The molecule has 136 valence electrons. The van der Waals surface area contributed by atoms with Gasteiger partial charge in [0.25, 0.3) is 0 Å². The summed E-state index contributed by atoms with van der Waals surface area (Å²) < 4.78 is 13.9. The van der Waals surface area contributed by atoms with Crippen molar-refractivity contribution in [3.63, 3.8) is 0 Å². The Morgan fingerprint density at radius 1 is 1.07 bits per heavy atom. The lowest BCUT2D eigenvalue weighted by Gasteiger charge is -2.28. The standard InChI is InChI=1S/C23H22FN3/c24-19-4-1-3-18(13-19)23-22(16-6-9-25-10-7-16)21(15-26-23)17-8-12-27-11-2-5-20(27)14-17/h1,3-4,6-7,9-10,13-15,20,26H,2,5,8,11-12H2/t20-/m0/s1. The molecule has 0 radical (unpaired) electrons. The third kappa shape index (κ3) is 3.00. The van der Waals surface area contributed by atoms with Crippen molar-refractivity contribution < 1.29 is 4.39 Å². The van der Waals surface area contributed by atoms with Crippen LogP contribution in [0.2, 0.25) is 0 Å². The molecule has 0 bridgehead atoms. The molecular weight excluding hydrogens is 337 g/mol. The molecular formula is C23H22FN3. The molecule has 1 N–H and O–H groups in total. The fourth-order valence-electron chi connectivity index (χ4n) is 4.49. The molecule has 1 aromatic carbocycles. The van der Waals surface area contributed by atoms with Gasteiger partial charge in [0, 0.05) is 47.9 Å². The Morgan fingerprint density at radius 2 is 1.96 bits per heavy atom. The highest BCUT2D eigenvalue weighted by Crippen LogP contribution is 2.40. The van der Waals surface area contributed by atoms with E-state index in [-0.39, 0.29) is 5.82 Å². The van der Waals surface area contributed by atoms with Crippen LogP contribution in [0.15, 0.2) is 61.1 Å². The molecule has 4 heterocycles. The van der Waals surface area contributed by atoms with Crippen molar-refractivity contribution in [2.24, 2.45) is 0 Å². The minimum atomic E-state index is -0.220. The zero-order valence-electron chi connectivity index (χ0n) is 15.2. The number of pyridine rings is 1. The van der Waals surface area contributed by atoms with E-state index >= 15 is 0 Å². The van der Waals surface area contributed by atoms with E-state index in [1.54, 1.807) is 12.1 Å². The molecule has 3 nitrogen and oxygen atoms in total. The molecule has 1 fully saturated rings. The van der Waals surface area contributed by atoms with Gasteiger partial charge >= 0.3 is 0 Å². The molecule has 0 saturated carbocycles. The largest absolute Gasteiger partial charge is 0.360 e. The Hall–Kier alpha value is -2.72. The summed E-state index contributed by atoms with van der Waals surface area (Å²) in [7, 11) is 0. The first kappa shape index (κ1) is 16.5. The van der Waals surface area contributed by atoms with E-state index in [1.165, 1.54) is 36.6 Å². The fourth-order valence-corrected chi connectivity index (χ4v) is 4.49. The summed E-state index contributed by atoms with van der Waals surface area (Å²) in [5.74, 6) is -0.220. The van der Waals surface area contributed by atoms with Crippen LogP contribution in [0, 0.1) is 5.82 Å². The molecule has 1 atom stereocenters. The van der Waals surface area contributed by atoms with Gasteiger partial charge in [0.2, 0.25) is 0 Å². The van der Waals surface area contributed by atoms with Crippen LogP contribution in [0.25, 0.3) is 28.0 Å². The van der Waals surface area contributed by atoms with E-state index in [2.05, 4.69) is 27.1 Å². The second-order valence-electron chi connectivity index (χ2n) is 7.39. The average molecular weight is 359 g/mol. The minimum Gasteiger partial charge on any atom is -0.360 e. The van der Waals surface area contributed by atoms with Crippen molar-refractivity contribution in [2.75, 3.05) is 13.1 Å². The van der Waals surface area contributed by atoms with Gasteiger partial charge in [-0.25, -0.2) is 4.39 Å². The lowest BCUT2D eigenvalue weighted by molar-refractivity contribution is 0.288. The number of aromatic nitrogens is 2. The van der Waals surface area contributed by atoms with E-state index in [0.29, 0.717) is 6.04 Å². The predicted octanol–water partition coefficient (Wildman–Crippen LogP) is 5.13. The highest BCUT2D eigenvalue weighted by Gasteiger charge is 2.28. The predicted molar refractivity (Wildman–Crippen MR) is 107 cm³/mol. The van der Waals surface area contributed by atoms with Gasteiger partial charge in [-0.3, -0.25) is 9.88 Å². The Kier molecular flexibility index (Phi) is 4.13. The number of aromatic amines is 1. The monoisotopic (exact) mass is 359 g/mol. The minimum absolute atomic E-state index is 0.220. The van der Waals surface area contributed by atoms with E-state index in [9.17, 15) is 4.39 Å². The van der Waals surface area contributed by atoms with Gasteiger partial charge in [-0.15, -0.1) is 0 Å². The Balaban J connectivity index is 1.66. The Bertz CT molecular complexity index is 990. The van der Waals surface area contributed by atoms with E-state index in [4.69, 9.17) is 0 Å². The number of fused-ring (bicyclic) bond motifs is 1. The first-order valence-electron chi connectivity index (χ1n) is 9.62. The number of hydrogen-bond acceptors (Lipinski definition) is 2. The van der Waals surface area contributed by atoms with Crippen molar-refractivity contribution in [1.82, 2.24) is 14.9 Å². The van der Waals surface area contributed by atoms with Crippen LogP contribution in [-0.2, 0) is 0 Å².